The first kappa shape index (κ1) is 12.9. The minimum absolute atomic E-state index is 0.0353. The van der Waals surface area contributed by atoms with Crippen molar-refractivity contribution < 1.29 is 13.2 Å². The monoisotopic (exact) mass is 246 g/mol. The minimum atomic E-state index is -4.41. The van der Waals surface area contributed by atoms with Gasteiger partial charge in [0.1, 0.15) is 0 Å². The fraction of sp³-hybridized carbons (Fsp3) is 0.333. The Kier molecular flexibility index (Phi) is 3.25. The molecule has 0 atom stereocenters. The normalized spacial score (nSPS) is 12.3. The highest BCUT2D eigenvalue weighted by Gasteiger charge is 2.32. The van der Waals surface area contributed by atoms with E-state index in [9.17, 15) is 13.2 Å². The van der Waals surface area contributed by atoms with Crippen LogP contribution in [0.4, 0.5) is 13.2 Å². The second-order valence-electron chi connectivity index (χ2n) is 4.00. The molecule has 1 aromatic carbocycles. The van der Waals surface area contributed by atoms with E-state index >= 15 is 0 Å². The summed E-state index contributed by atoms with van der Waals surface area (Å²) in [5.74, 6) is 2.44. The first-order valence-electron chi connectivity index (χ1n) is 4.53. The van der Waals surface area contributed by atoms with E-state index in [1.165, 1.54) is 6.07 Å². The van der Waals surface area contributed by atoms with Gasteiger partial charge in [0.15, 0.2) is 0 Å². The fourth-order valence-corrected chi connectivity index (χ4v) is 1.43. The molecule has 0 radical (unpaired) electrons. The molecule has 0 aromatic heterocycles. The van der Waals surface area contributed by atoms with E-state index in [0.29, 0.717) is 5.56 Å². The van der Waals surface area contributed by atoms with Crippen LogP contribution in [0.5, 0.6) is 0 Å². The summed E-state index contributed by atoms with van der Waals surface area (Å²) >= 11 is 5.65. The highest BCUT2D eigenvalue weighted by molar-refractivity contribution is 6.30. The average Bonchev–Trinajstić information content (AvgIpc) is 2.15. The van der Waals surface area contributed by atoms with Gasteiger partial charge in [-0.05, 0) is 37.6 Å². The van der Waals surface area contributed by atoms with Crippen molar-refractivity contribution in [3.63, 3.8) is 0 Å². The van der Waals surface area contributed by atoms with Crippen molar-refractivity contribution in [3.8, 4) is 12.3 Å². The number of benzene rings is 1. The SMILES string of the molecule is C#CC(C)(C)c1cc(Cl)cc(C(F)(F)F)c1. The van der Waals surface area contributed by atoms with Crippen LogP contribution in [0.3, 0.4) is 0 Å². The maximum absolute atomic E-state index is 12.5. The van der Waals surface area contributed by atoms with Crippen LogP contribution < -0.4 is 0 Å². The Morgan fingerprint density at radius 2 is 1.62 bits per heavy atom. The average molecular weight is 247 g/mol. The van der Waals surface area contributed by atoms with Crippen molar-refractivity contribution in [1.82, 2.24) is 0 Å². The van der Waals surface area contributed by atoms with E-state index in [0.717, 1.165) is 12.1 Å². The van der Waals surface area contributed by atoms with E-state index in [2.05, 4.69) is 5.92 Å². The van der Waals surface area contributed by atoms with Crippen LogP contribution in [0.15, 0.2) is 18.2 Å². The highest BCUT2D eigenvalue weighted by Crippen LogP contribution is 2.34. The topological polar surface area (TPSA) is 0 Å². The first-order chi connectivity index (χ1) is 7.16. The molecule has 0 nitrogen and oxygen atoms in total. The van der Waals surface area contributed by atoms with Gasteiger partial charge in [0.25, 0.3) is 0 Å². The molecule has 16 heavy (non-hydrogen) atoms. The van der Waals surface area contributed by atoms with Crippen molar-refractivity contribution >= 4 is 11.6 Å². The van der Waals surface area contributed by atoms with Crippen LogP contribution >= 0.6 is 11.6 Å². The molecule has 0 N–H and O–H groups in total. The summed E-state index contributed by atoms with van der Waals surface area (Å²) in [6, 6.07) is 3.38. The molecule has 0 fully saturated rings. The quantitative estimate of drug-likeness (QED) is 0.649. The molecule has 0 spiro atoms. The van der Waals surface area contributed by atoms with Gasteiger partial charge in [0.2, 0.25) is 0 Å². The van der Waals surface area contributed by atoms with Crippen molar-refractivity contribution in [2.45, 2.75) is 25.4 Å². The third kappa shape index (κ3) is 2.70. The molecule has 1 aromatic rings. The maximum Gasteiger partial charge on any atom is 0.416 e. The standard InChI is InChI=1S/C12H10ClF3/c1-4-11(2,3)8-5-9(12(14,15)16)7-10(13)6-8/h1,5-7H,2-3H3. The van der Waals surface area contributed by atoms with Gasteiger partial charge in [-0.3, -0.25) is 0 Å². The largest absolute Gasteiger partial charge is 0.416 e. The molecular weight excluding hydrogens is 237 g/mol. The Hall–Kier alpha value is -1.14. The molecular formula is C12H10ClF3. The Morgan fingerprint density at radius 1 is 1.12 bits per heavy atom. The molecule has 1 rings (SSSR count). The lowest BCUT2D eigenvalue weighted by atomic mass is 9.85. The van der Waals surface area contributed by atoms with E-state index in [4.69, 9.17) is 18.0 Å². The smallest absolute Gasteiger partial charge is 0.166 e. The van der Waals surface area contributed by atoms with Gasteiger partial charge in [-0.2, -0.15) is 13.2 Å². The molecule has 0 amide bonds. The number of rotatable bonds is 1. The van der Waals surface area contributed by atoms with Crippen LogP contribution in [0.25, 0.3) is 0 Å². The summed E-state index contributed by atoms with van der Waals surface area (Å²) in [6.07, 6.45) is 0.861. The van der Waals surface area contributed by atoms with Gasteiger partial charge in [-0.15, -0.1) is 6.42 Å². The number of halogens is 4. The van der Waals surface area contributed by atoms with E-state index in [1.54, 1.807) is 13.8 Å². The van der Waals surface area contributed by atoms with Crippen molar-refractivity contribution in [2.24, 2.45) is 0 Å². The second kappa shape index (κ2) is 4.03. The van der Waals surface area contributed by atoms with Crippen LogP contribution in [-0.4, -0.2) is 0 Å². The zero-order valence-corrected chi connectivity index (χ0v) is 9.58. The molecule has 0 aliphatic rings. The third-order valence-electron chi connectivity index (χ3n) is 2.31. The lowest BCUT2D eigenvalue weighted by Crippen LogP contribution is -2.16. The minimum Gasteiger partial charge on any atom is -0.166 e. The molecule has 0 aliphatic carbocycles. The lowest BCUT2D eigenvalue weighted by Gasteiger charge is -2.20. The summed E-state index contributed by atoms with van der Waals surface area (Å²) in [4.78, 5) is 0. The maximum atomic E-state index is 12.5. The van der Waals surface area contributed by atoms with Gasteiger partial charge in [-0.1, -0.05) is 17.5 Å². The van der Waals surface area contributed by atoms with Crippen LogP contribution in [0.2, 0.25) is 5.02 Å². The van der Waals surface area contributed by atoms with Gasteiger partial charge in [0.05, 0.1) is 11.0 Å². The molecule has 86 valence electrons. The predicted octanol–water partition coefficient (Wildman–Crippen LogP) is 4.27. The second-order valence-corrected chi connectivity index (χ2v) is 4.43. The van der Waals surface area contributed by atoms with Gasteiger partial charge >= 0.3 is 6.18 Å². The molecule has 0 heterocycles. The molecule has 0 saturated carbocycles. The van der Waals surface area contributed by atoms with E-state index in [1.807, 2.05) is 0 Å². The molecule has 0 unspecified atom stereocenters. The fourth-order valence-electron chi connectivity index (χ4n) is 1.20. The summed E-state index contributed by atoms with van der Waals surface area (Å²) in [5, 5.41) is 0.0353. The van der Waals surface area contributed by atoms with Crippen LogP contribution in [0, 0.1) is 12.3 Å². The predicted molar refractivity (Wildman–Crippen MR) is 58.3 cm³/mol. The number of alkyl halides is 3. The first-order valence-corrected chi connectivity index (χ1v) is 4.90. The lowest BCUT2D eigenvalue weighted by molar-refractivity contribution is -0.137. The zero-order chi connectivity index (χ0) is 12.6. The molecule has 0 bridgehead atoms. The Balaban J connectivity index is 3.36. The van der Waals surface area contributed by atoms with Crippen LogP contribution in [-0.2, 0) is 11.6 Å². The van der Waals surface area contributed by atoms with Crippen molar-refractivity contribution in [3.05, 3.63) is 34.3 Å². The van der Waals surface area contributed by atoms with Gasteiger partial charge in [-0.25, -0.2) is 0 Å². The summed E-state index contributed by atoms with van der Waals surface area (Å²) in [7, 11) is 0. The summed E-state index contributed by atoms with van der Waals surface area (Å²) < 4.78 is 37.6. The molecule has 0 aliphatic heterocycles. The molecule has 0 saturated heterocycles. The summed E-state index contributed by atoms with van der Waals surface area (Å²) in [5.41, 5.74) is -1.17. The zero-order valence-electron chi connectivity index (χ0n) is 8.82. The van der Waals surface area contributed by atoms with Crippen molar-refractivity contribution in [1.29, 1.82) is 0 Å². The van der Waals surface area contributed by atoms with E-state index < -0.39 is 17.2 Å². The van der Waals surface area contributed by atoms with Gasteiger partial charge in [0, 0.05) is 5.02 Å². The Morgan fingerprint density at radius 3 is 2.06 bits per heavy atom. The van der Waals surface area contributed by atoms with E-state index in [-0.39, 0.29) is 5.02 Å². The third-order valence-corrected chi connectivity index (χ3v) is 2.53. The Bertz CT molecular complexity index is 439. The van der Waals surface area contributed by atoms with Gasteiger partial charge < -0.3 is 0 Å². The van der Waals surface area contributed by atoms with Crippen molar-refractivity contribution in [2.75, 3.05) is 0 Å². The number of hydrogen-bond acceptors (Lipinski definition) is 0. The highest BCUT2D eigenvalue weighted by atomic mass is 35.5. The number of hydrogen-bond donors (Lipinski definition) is 0. The summed E-state index contributed by atoms with van der Waals surface area (Å²) in [6.45, 7) is 3.33. The Labute approximate surface area is 97.4 Å². The molecule has 4 heteroatoms. The van der Waals surface area contributed by atoms with Crippen LogP contribution in [0.1, 0.15) is 25.0 Å². The number of terminal acetylenes is 1.